The summed E-state index contributed by atoms with van der Waals surface area (Å²) in [5.41, 5.74) is 6.75. The van der Waals surface area contributed by atoms with Gasteiger partial charge in [-0.25, -0.2) is 0 Å². The smallest absolute Gasteiger partial charge is 0.164 e. The van der Waals surface area contributed by atoms with Crippen LogP contribution >= 0.6 is 11.6 Å². The van der Waals surface area contributed by atoms with Gasteiger partial charge in [-0.05, 0) is 19.4 Å². The molecule has 1 aromatic rings. The van der Waals surface area contributed by atoms with Crippen molar-refractivity contribution in [2.24, 2.45) is 5.73 Å². The molecule has 0 fully saturated rings. The fourth-order valence-corrected chi connectivity index (χ4v) is 1.81. The summed E-state index contributed by atoms with van der Waals surface area (Å²) in [6.45, 7) is 5.98. The first-order valence-electron chi connectivity index (χ1n) is 5.44. The highest BCUT2D eigenvalue weighted by atomic mass is 35.5. The molecule has 1 unspecified atom stereocenters. The van der Waals surface area contributed by atoms with Crippen LogP contribution in [0.5, 0.6) is 11.5 Å². The Morgan fingerprint density at radius 3 is 2.76 bits per heavy atom. The molecule has 0 amide bonds. The van der Waals surface area contributed by atoms with Crippen LogP contribution in [-0.4, -0.2) is 19.8 Å². The third-order valence-electron chi connectivity index (χ3n) is 2.20. The standard InChI is InChI=1S/C13H18ClNO2/c1-4-5-17-13-10(6-9(2)15)7-11(14)8-12(13)16-3/h4,7-9H,1,5-6,15H2,2-3H3. The Morgan fingerprint density at radius 1 is 1.53 bits per heavy atom. The van der Waals surface area contributed by atoms with Gasteiger partial charge in [0.25, 0.3) is 0 Å². The first-order valence-corrected chi connectivity index (χ1v) is 5.82. The third-order valence-corrected chi connectivity index (χ3v) is 2.42. The van der Waals surface area contributed by atoms with Crippen molar-refractivity contribution in [3.05, 3.63) is 35.4 Å². The molecular weight excluding hydrogens is 238 g/mol. The van der Waals surface area contributed by atoms with Gasteiger partial charge in [-0.2, -0.15) is 0 Å². The first-order chi connectivity index (χ1) is 8.08. The Labute approximate surface area is 107 Å². The van der Waals surface area contributed by atoms with Gasteiger partial charge in [-0.3, -0.25) is 0 Å². The molecule has 3 nitrogen and oxygen atoms in total. The second kappa shape index (κ2) is 6.52. The molecule has 2 N–H and O–H groups in total. The first kappa shape index (κ1) is 13.9. The zero-order valence-corrected chi connectivity index (χ0v) is 11.0. The lowest BCUT2D eigenvalue weighted by atomic mass is 10.1. The van der Waals surface area contributed by atoms with Crippen molar-refractivity contribution >= 4 is 11.6 Å². The molecule has 0 aliphatic rings. The van der Waals surface area contributed by atoms with Gasteiger partial charge in [-0.1, -0.05) is 24.3 Å². The highest BCUT2D eigenvalue weighted by molar-refractivity contribution is 6.30. The fraction of sp³-hybridized carbons (Fsp3) is 0.385. The summed E-state index contributed by atoms with van der Waals surface area (Å²) < 4.78 is 10.9. The van der Waals surface area contributed by atoms with E-state index >= 15 is 0 Å². The largest absolute Gasteiger partial charge is 0.493 e. The normalized spacial score (nSPS) is 12.0. The number of benzene rings is 1. The topological polar surface area (TPSA) is 44.5 Å². The van der Waals surface area contributed by atoms with Crippen LogP contribution in [0.2, 0.25) is 5.02 Å². The second-order valence-electron chi connectivity index (χ2n) is 3.88. The van der Waals surface area contributed by atoms with Crippen LogP contribution in [0.25, 0.3) is 0 Å². The molecule has 1 atom stereocenters. The number of rotatable bonds is 6. The predicted octanol–water partition coefficient (Wildman–Crippen LogP) is 2.80. The van der Waals surface area contributed by atoms with Crippen LogP contribution in [0.1, 0.15) is 12.5 Å². The lowest BCUT2D eigenvalue weighted by Crippen LogP contribution is -2.18. The van der Waals surface area contributed by atoms with Crippen molar-refractivity contribution in [3.63, 3.8) is 0 Å². The van der Waals surface area contributed by atoms with E-state index in [-0.39, 0.29) is 6.04 Å². The van der Waals surface area contributed by atoms with E-state index in [0.717, 1.165) is 5.56 Å². The molecule has 94 valence electrons. The van der Waals surface area contributed by atoms with Crippen molar-refractivity contribution in [1.29, 1.82) is 0 Å². The summed E-state index contributed by atoms with van der Waals surface area (Å²) in [4.78, 5) is 0. The number of ether oxygens (including phenoxy) is 2. The van der Waals surface area contributed by atoms with Gasteiger partial charge < -0.3 is 15.2 Å². The molecule has 0 aromatic heterocycles. The summed E-state index contributed by atoms with van der Waals surface area (Å²) in [6.07, 6.45) is 2.37. The lowest BCUT2D eigenvalue weighted by molar-refractivity contribution is 0.322. The number of methoxy groups -OCH3 is 1. The zero-order chi connectivity index (χ0) is 12.8. The third kappa shape index (κ3) is 3.95. The van der Waals surface area contributed by atoms with Crippen LogP contribution in [-0.2, 0) is 6.42 Å². The molecule has 0 heterocycles. The minimum absolute atomic E-state index is 0.0317. The monoisotopic (exact) mass is 255 g/mol. The van der Waals surface area contributed by atoms with Gasteiger partial charge in [0.1, 0.15) is 6.61 Å². The minimum Gasteiger partial charge on any atom is -0.493 e. The molecule has 0 aliphatic carbocycles. The van der Waals surface area contributed by atoms with E-state index in [1.54, 1.807) is 19.3 Å². The van der Waals surface area contributed by atoms with E-state index < -0.39 is 0 Å². The van der Waals surface area contributed by atoms with Crippen LogP contribution < -0.4 is 15.2 Å². The fourth-order valence-electron chi connectivity index (χ4n) is 1.58. The Kier molecular flexibility index (Phi) is 5.32. The van der Waals surface area contributed by atoms with Crippen molar-refractivity contribution < 1.29 is 9.47 Å². The second-order valence-corrected chi connectivity index (χ2v) is 4.31. The minimum atomic E-state index is 0.0317. The molecule has 0 spiro atoms. The van der Waals surface area contributed by atoms with Crippen molar-refractivity contribution in [3.8, 4) is 11.5 Å². The summed E-state index contributed by atoms with van der Waals surface area (Å²) >= 11 is 6.02. The molecule has 17 heavy (non-hydrogen) atoms. The summed E-state index contributed by atoms with van der Waals surface area (Å²) in [5, 5.41) is 0.614. The molecule has 0 radical (unpaired) electrons. The maximum Gasteiger partial charge on any atom is 0.164 e. The summed E-state index contributed by atoms with van der Waals surface area (Å²) in [6, 6.07) is 3.61. The van der Waals surface area contributed by atoms with E-state index in [1.807, 2.05) is 13.0 Å². The van der Waals surface area contributed by atoms with Gasteiger partial charge in [0.05, 0.1) is 7.11 Å². The quantitative estimate of drug-likeness (QED) is 0.795. The maximum atomic E-state index is 6.02. The summed E-state index contributed by atoms with van der Waals surface area (Å²) in [7, 11) is 1.59. The Balaban J connectivity index is 3.12. The molecule has 0 saturated carbocycles. The van der Waals surface area contributed by atoms with E-state index in [2.05, 4.69) is 6.58 Å². The Morgan fingerprint density at radius 2 is 2.24 bits per heavy atom. The number of halogens is 1. The van der Waals surface area contributed by atoms with E-state index in [1.165, 1.54) is 0 Å². The molecule has 0 aliphatic heterocycles. The zero-order valence-electron chi connectivity index (χ0n) is 10.2. The highest BCUT2D eigenvalue weighted by Gasteiger charge is 2.13. The van der Waals surface area contributed by atoms with Crippen LogP contribution in [0, 0.1) is 0 Å². The van der Waals surface area contributed by atoms with E-state index in [0.29, 0.717) is 29.5 Å². The predicted molar refractivity (Wildman–Crippen MR) is 71.0 cm³/mol. The molecule has 0 saturated heterocycles. The lowest BCUT2D eigenvalue weighted by Gasteiger charge is -2.16. The molecule has 1 aromatic carbocycles. The van der Waals surface area contributed by atoms with Gasteiger partial charge in [0.15, 0.2) is 11.5 Å². The van der Waals surface area contributed by atoms with Crippen molar-refractivity contribution in [2.45, 2.75) is 19.4 Å². The van der Waals surface area contributed by atoms with Crippen molar-refractivity contribution in [1.82, 2.24) is 0 Å². The van der Waals surface area contributed by atoms with Crippen LogP contribution in [0.4, 0.5) is 0 Å². The number of hydrogen-bond acceptors (Lipinski definition) is 3. The highest BCUT2D eigenvalue weighted by Crippen LogP contribution is 2.35. The molecule has 0 bridgehead atoms. The van der Waals surface area contributed by atoms with E-state index in [4.69, 9.17) is 26.8 Å². The van der Waals surface area contributed by atoms with Gasteiger partial charge in [0.2, 0.25) is 0 Å². The van der Waals surface area contributed by atoms with Crippen LogP contribution in [0.15, 0.2) is 24.8 Å². The number of nitrogens with two attached hydrogens (primary N) is 1. The van der Waals surface area contributed by atoms with Crippen LogP contribution in [0.3, 0.4) is 0 Å². The van der Waals surface area contributed by atoms with Gasteiger partial charge in [0, 0.05) is 22.7 Å². The summed E-state index contributed by atoms with van der Waals surface area (Å²) in [5.74, 6) is 1.31. The average Bonchev–Trinajstić information content (AvgIpc) is 2.26. The molecular formula is C13H18ClNO2. The maximum absolute atomic E-state index is 6.02. The average molecular weight is 256 g/mol. The Hall–Kier alpha value is -1.19. The Bertz CT molecular complexity index is 391. The van der Waals surface area contributed by atoms with Crippen molar-refractivity contribution in [2.75, 3.05) is 13.7 Å². The number of hydrogen-bond donors (Lipinski definition) is 1. The van der Waals surface area contributed by atoms with Gasteiger partial charge >= 0.3 is 0 Å². The van der Waals surface area contributed by atoms with Gasteiger partial charge in [-0.15, -0.1) is 0 Å². The molecule has 1 rings (SSSR count). The SMILES string of the molecule is C=CCOc1c(CC(C)N)cc(Cl)cc1OC. The molecule has 4 heteroatoms. The van der Waals surface area contributed by atoms with E-state index in [9.17, 15) is 0 Å².